The number of nitrogens with one attached hydrogen (secondary N) is 1. The number of nitrogens with zero attached hydrogens (tertiary/aromatic N) is 3. The molecule has 2 rings (SSSR count). The van der Waals surface area contributed by atoms with Gasteiger partial charge in [-0.25, -0.2) is 9.78 Å². The predicted molar refractivity (Wildman–Crippen MR) is 98.2 cm³/mol. The molecule has 1 aliphatic rings. The summed E-state index contributed by atoms with van der Waals surface area (Å²) in [5.74, 6) is 0.600. The van der Waals surface area contributed by atoms with E-state index < -0.39 is 0 Å². The molecule has 2 heterocycles. The van der Waals surface area contributed by atoms with Crippen molar-refractivity contribution >= 4 is 12.0 Å². The summed E-state index contributed by atoms with van der Waals surface area (Å²) in [7, 11) is 0. The lowest BCUT2D eigenvalue weighted by atomic mass is 10.1. The van der Waals surface area contributed by atoms with Gasteiger partial charge in [0.2, 0.25) is 5.95 Å². The molecule has 0 unspecified atom stereocenters. The first-order chi connectivity index (χ1) is 12.1. The number of ether oxygens (including phenoxy) is 1. The van der Waals surface area contributed by atoms with Crippen LogP contribution in [0.4, 0.5) is 10.7 Å². The predicted octanol–water partition coefficient (Wildman–Crippen LogP) is 2.48. The van der Waals surface area contributed by atoms with Gasteiger partial charge < -0.3 is 14.5 Å². The number of aromatic nitrogens is 2. The van der Waals surface area contributed by atoms with E-state index in [9.17, 15) is 9.59 Å². The average Bonchev–Trinajstić information content (AvgIpc) is 2.60. The van der Waals surface area contributed by atoms with Gasteiger partial charge in [0.1, 0.15) is 0 Å². The Bertz CT molecular complexity index is 621. The lowest BCUT2D eigenvalue weighted by molar-refractivity contribution is 0.105. The van der Waals surface area contributed by atoms with Crippen LogP contribution in [0.5, 0.6) is 0 Å². The van der Waals surface area contributed by atoms with Gasteiger partial charge in [0.15, 0.2) is 0 Å². The molecule has 0 radical (unpaired) electrons. The Morgan fingerprint density at radius 1 is 1.16 bits per heavy atom. The van der Waals surface area contributed by atoms with Crippen LogP contribution in [-0.4, -0.2) is 53.7 Å². The highest BCUT2D eigenvalue weighted by atomic mass is 16.6. The number of unbranched alkanes of at least 4 members (excludes halogenated alkanes) is 3. The van der Waals surface area contributed by atoms with Crippen LogP contribution >= 0.6 is 0 Å². The number of piperazine rings is 1. The quantitative estimate of drug-likeness (QED) is 0.764. The fourth-order valence-corrected chi connectivity index (χ4v) is 3.08. The first kappa shape index (κ1) is 19.3. The smallest absolute Gasteiger partial charge is 0.409 e. The maximum Gasteiger partial charge on any atom is 0.409 e. The minimum atomic E-state index is -0.276. The molecule has 1 aliphatic heterocycles. The van der Waals surface area contributed by atoms with Crippen LogP contribution in [-0.2, 0) is 11.2 Å². The number of carbonyl (C=O) groups excluding carboxylic acids is 1. The number of anilines is 1. The third kappa shape index (κ3) is 5.21. The highest BCUT2D eigenvalue weighted by Crippen LogP contribution is 2.14. The molecule has 1 aromatic rings. The molecular formula is C18H30N4O3. The SMILES string of the molecule is CCCCCCc1c(C)nc(N2CCN(C(=O)OCC)CC2)[nH]c1=O. The fraction of sp³-hybridized carbons (Fsp3) is 0.722. The molecule has 0 bridgehead atoms. The van der Waals surface area contributed by atoms with Crippen molar-refractivity contribution in [2.75, 3.05) is 37.7 Å². The van der Waals surface area contributed by atoms with Crippen LogP contribution < -0.4 is 10.5 Å². The molecule has 1 aromatic heterocycles. The number of aromatic amines is 1. The van der Waals surface area contributed by atoms with Crippen LogP contribution in [0.25, 0.3) is 0 Å². The Morgan fingerprint density at radius 2 is 1.88 bits per heavy atom. The van der Waals surface area contributed by atoms with Crippen molar-refractivity contribution in [2.45, 2.75) is 52.9 Å². The monoisotopic (exact) mass is 350 g/mol. The Balaban J connectivity index is 1.97. The van der Waals surface area contributed by atoms with Gasteiger partial charge in [-0.15, -0.1) is 0 Å². The minimum Gasteiger partial charge on any atom is -0.450 e. The van der Waals surface area contributed by atoms with Crippen LogP contribution in [0.1, 0.15) is 50.8 Å². The molecule has 0 aromatic carbocycles. The molecule has 0 saturated carbocycles. The topological polar surface area (TPSA) is 78.5 Å². The lowest BCUT2D eigenvalue weighted by Crippen LogP contribution is -2.49. The second kappa shape index (κ2) is 9.44. The zero-order chi connectivity index (χ0) is 18.2. The molecule has 140 valence electrons. The zero-order valence-corrected chi connectivity index (χ0v) is 15.6. The van der Waals surface area contributed by atoms with E-state index in [0.29, 0.717) is 38.7 Å². The molecular weight excluding hydrogens is 320 g/mol. The van der Waals surface area contributed by atoms with Gasteiger partial charge in [0.25, 0.3) is 5.56 Å². The van der Waals surface area contributed by atoms with E-state index in [2.05, 4.69) is 16.9 Å². The number of carbonyl (C=O) groups is 1. The summed E-state index contributed by atoms with van der Waals surface area (Å²) in [5.41, 5.74) is 1.57. The Morgan fingerprint density at radius 3 is 2.48 bits per heavy atom. The van der Waals surface area contributed by atoms with Crippen molar-refractivity contribution in [1.29, 1.82) is 0 Å². The molecule has 0 atom stereocenters. The highest BCUT2D eigenvalue weighted by Gasteiger charge is 2.23. The Hall–Kier alpha value is -2.05. The van der Waals surface area contributed by atoms with Crippen molar-refractivity contribution in [3.8, 4) is 0 Å². The normalized spacial score (nSPS) is 14.7. The second-order valence-electron chi connectivity index (χ2n) is 6.44. The average molecular weight is 350 g/mol. The molecule has 25 heavy (non-hydrogen) atoms. The molecule has 7 heteroatoms. The van der Waals surface area contributed by atoms with Gasteiger partial charge in [-0.05, 0) is 26.7 Å². The summed E-state index contributed by atoms with van der Waals surface area (Å²) >= 11 is 0. The van der Waals surface area contributed by atoms with E-state index in [1.165, 1.54) is 12.8 Å². The highest BCUT2D eigenvalue weighted by molar-refractivity contribution is 5.68. The lowest BCUT2D eigenvalue weighted by Gasteiger charge is -2.34. The summed E-state index contributed by atoms with van der Waals surface area (Å²) in [5, 5.41) is 0. The van der Waals surface area contributed by atoms with Crippen molar-refractivity contribution in [3.63, 3.8) is 0 Å². The van der Waals surface area contributed by atoms with Gasteiger partial charge in [0.05, 0.1) is 6.61 Å². The molecule has 1 N–H and O–H groups in total. The summed E-state index contributed by atoms with van der Waals surface area (Å²) in [6, 6.07) is 0. The van der Waals surface area contributed by atoms with Gasteiger partial charge >= 0.3 is 6.09 Å². The molecule has 7 nitrogen and oxygen atoms in total. The van der Waals surface area contributed by atoms with Crippen LogP contribution in [0.3, 0.4) is 0 Å². The van der Waals surface area contributed by atoms with Gasteiger partial charge in [-0.2, -0.15) is 0 Å². The minimum absolute atomic E-state index is 0.0354. The van der Waals surface area contributed by atoms with Crippen molar-refractivity contribution in [1.82, 2.24) is 14.9 Å². The molecule has 1 fully saturated rings. The molecule has 0 aliphatic carbocycles. The number of hydrogen-bond acceptors (Lipinski definition) is 5. The fourth-order valence-electron chi connectivity index (χ4n) is 3.08. The molecule has 1 saturated heterocycles. The van der Waals surface area contributed by atoms with E-state index in [-0.39, 0.29) is 11.7 Å². The first-order valence-electron chi connectivity index (χ1n) is 9.33. The Kier molecular flexibility index (Phi) is 7.28. The van der Waals surface area contributed by atoms with Gasteiger partial charge in [0, 0.05) is 37.4 Å². The van der Waals surface area contributed by atoms with E-state index in [0.717, 1.165) is 30.5 Å². The summed E-state index contributed by atoms with van der Waals surface area (Å²) in [6.45, 7) is 8.68. The van der Waals surface area contributed by atoms with Crippen molar-refractivity contribution in [2.24, 2.45) is 0 Å². The standard InChI is InChI=1S/C18H30N4O3/c1-4-6-7-8-9-15-14(3)19-17(20-16(15)23)21-10-12-22(13-11-21)18(24)25-5-2/h4-13H2,1-3H3,(H,19,20,23). The summed E-state index contributed by atoms with van der Waals surface area (Å²) < 4.78 is 5.03. The first-order valence-corrected chi connectivity index (χ1v) is 9.33. The van der Waals surface area contributed by atoms with Crippen LogP contribution in [0.2, 0.25) is 0 Å². The Labute approximate surface area is 149 Å². The third-order valence-electron chi connectivity index (χ3n) is 4.60. The van der Waals surface area contributed by atoms with E-state index >= 15 is 0 Å². The number of amides is 1. The number of H-pyrrole nitrogens is 1. The molecule has 0 spiro atoms. The van der Waals surface area contributed by atoms with Crippen molar-refractivity contribution < 1.29 is 9.53 Å². The van der Waals surface area contributed by atoms with Crippen LogP contribution in [0, 0.1) is 6.92 Å². The van der Waals surface area contributed by atoms with Crippen molar-refractivity contribution in [3.05, 3.63) is 21.6 Å². The molecule has 1 amide bonds. The zero-order valence-electron chi connectivity index (χ0n) is 15.6. The number of hydrogen-bond donors (Lipinski definition) is 1. The van der Waals surface area contributed by atoms with E-state index in [1.807, 2.05) is 11.8 Å². The van der Waals surface area contributed by atoms with E-state index in [4.69, 9.17) is 4.74 Å². The number of rotatable bonds is 7. The third-order valence-corrected chi connectivity index (χ3v) is 4.60. The number of aryl methyl sites for hydroxylation is 1. The van der Waals surface area contributed by atoms with E-state index in [1.54, 1.807) is 11.8 Å². The van der Waals surface area contributed by atoms with Gasteiger partial charge in [-0.3, -0.25) is 9.78 Å². The maximum atomic E-state index is 12.4. The summed E-state index contributed by atoms with van der Waals surface area (Å²) in [6.07, 6.45) is 5.06. The summed E-state index contributed by atoms with van der Waals surface area (Å²) in [4.78, 5) is 35.4. The largest absolute Gasteiger partial charge is 0.450 e. The van der Waals surface area contributed by atoms with Gasteiger partial charge in [-0.1, -0.05) is 26.2 Å². The second-order valence-corrected chi connectivity index (χ2v) is 6.44. The van der Waals surface area contributed by atoms with Crippen LogP contribution in [0.15, 0.2) is 4.79 Å². The maximum absolute atomic E-state index is 12.4.